The fourth-order valence-corrected chi connectivity index (χ4v) is 2.65. The first-order valence-electron chi connectivity index (χ1n) is 7.73. The van der Waals surface area contributed by atoms with Crippen LogP contribution in [0.4, 0.5) is 5.69 Å². The van der Waals surface area contributed by atoms with Gasteiger partial charge in [0.25, 0.3) is 0 Å². The third-order valence-corrected chi connectivity index (χ3v) is 4.80. The van der Waals surface area contributed by atoms with Crippen LogP contribution in [-0.4, -0.2) is 17.0 Å². The summed E-state index contributed by atoms with van der Waals surface area (Å²) in [6.45, 7) is 2.02. The number of amides is 1. The molecule has 0 spiro atoms. The van der Waals surface area contributed by atoms with E-state index in [0.29, 0.717) is 6.10 Å². The third kappa shape index (κ3) is 2.28. The van der Waals surface area contributed by atoms with Crippen molar-refractivity contribution in [1.29, 1.82) is 0 Å². The van der Waals surface area contributed by atoms with Gasteiger partial charge in [-0.3, -0.25) is 4.79 Å². The van der Waals surface area contributed by atoms with Gasteiger partial charge in [-0.05, 0) is 50.3 Å². The van der Waals surface area contributed by atoms with Crippen LogP contribution in [0.1, 0.15) is 39.0 Å². The number of H-pyrrole nitrogens is 1. The summed E-state index contributed by atoms with van der Waals surface area (Å²) < 4.78 is 5.94. The molecule has 2 aromatic rings. The molecule has 2 fully saturated rings. The Morgan fingerprint density at radius 1 is 1.38 bits per heavy atom. The lowest BCUT2D eigenvalue weighted by Crippen LogP contribution is -2.24. The van der Waals surface area contributed by atoms with Crippen molar-refractivity contribution in [3.05, 3.63) is 24.4 Å². The van der Waals surface area contributed by atoms with Crippen molar-refractivity contribution in [1.82, 2.24) is 4.98 Å². The molecule has 0 aliphatic heterocycles. The Bertz CT molecular complexity index is 696. The first-order valence-corrected chi connectivity index (χ1v) is 7.73. The summed E-state index contributed by atoms with van der Waals surface area (Å²) in [5, 5.41) is 4.07. The van der Waals surface area contributed by atoms with Crippen LogP contribution < -0.4 is 10.1 Å². The van der Waals surface area contributed by atoms with Crippen LogP contribution in [0, 0.1) is 5.41 Å². The van der Waals surface area contributed by atoms with Gasteiger partial charge in [0.15, 0.2) is 0 Å². The Morgan fingerprint density at radius 2 is 2.19 bits per heavy atom. The Balaban J connectivity index is 1.59. The normalized spacial score (nSPS) is 20.0. The van der Waals surface area contributed by atoms with Gasteiger partial charge in [-0.15, -0.1) is 0 Å². The van der Waals surface area contributed by atoms with Gasteiger partial charge in [0.1, 0.15) is 5.75 Å². The van der Waals surface area contributed by atoms with Gasteiger partial charge in [-0.2, -0.15) is 0 Å². The van der Waals surface area contributed by atoms with E-state index >= 15 is 0 Å². The molecule has 4 nitrogen and oxygen atoms in total. The molecule has 0 saturated heterocycles. The SMILES string of the molecule is CC1(C(=O)Nc2c[nH]c3ccc(OC4CCC4)cc23)CC1. The number of benzene rings is 1. The van der Waals surface area contributed by atoms with Crippen molar-refractivity contribution in [2.75, 3.05) is 5.32 Å². The van der Waals surface area contributed by atoms with Crippen molar-refractivity contribution < 1.29 is 9.53 Å². The van der Waals surface area contributed by atoms with Gasteiger partial charge in [0.2, 0.25) is 5.91 Å². The van der Waals surface area contributed by atoms with Crippen molar-refractivity contribution in [2.45, 2.75) is 45.1 Å². The largest absolute Gasteiger partial charge is 0.490 e. The molecule has 0 unspecified atom stereocenters. The lowest BCUT2D eigenvalue weighted by Gasteiger charge is -2.26. The van der Waals surface area contributed by atoms with E-state index in [2.05, 4.69) is 10.3 Å². The molecule has 1 aromatic heterocycles. The summed E-state index contributed by atoms with van der Waals surface area (Å²) >= 11 is 0. The van der Waals surface area contributed by atoms with Gasteiger partial charge < -0.3 is 15.0 Å². The smallest absolute Gasteiger partial charge is 0.230 e. The molecule has 2 saturated carbocycles. The second kappa shape index (κ2) is 4.52. The van der Waals surface area contributed by atoms with E-state index in [1.54, 1.807) is 0 Å². The second-order valence-electron chi connectivity index (χ2n) is 6.60. The summed E-state index contributed by atoms with van der Waals surface area (Å²) in [6, 6.07) is 6.03. The number of hydrogen-bond acceptors (Lipinski definition) is 2. The molecule has 0 radical (unpaired) electrons. The third-order valence-electron chi connectivity index (χ3n) is 4.80. The molecule has 2 aliphatic rings. The van der Waals surface area contributed by atoms with E-state index in [4.69, 9.17) is 4.74 Å². The van der Waals surface area contributed by atoms with Crippen LogP contribution >= 0.6 is 0 Å². The highest BCUT2D eigenvalue weighted by molar-refractivity contribution is 6.04. The van der Waals surface area contributed by atoms with Gasteiger partial charge in [0, 0.05) is 22.5 Å². The highest BCUT2D eigenvalue weighted by Gasteiger charge is 2.45. The highest BCUT2D eigenvalue weighted by atomic mass is 16.5. The minimum atomic E-state index is -0.163. The minimum absolute atomic E-state index is 0.119. The molecule has 0 bridgehead atoms. The Kier molecular flexibility index (Phi) is 2.74. The predicted molar refractivity (Wildman–Crippen MR) is 82.5 cm³/mol. The summed E-state index contributed by atoms with van der Waals surface area (Å²) in [6.07, 6.45) is 7.75. The Labute approximate surface area is 123 Å². The van der Waals surface area contributed by atoms with Crippen LogP contribution in [0.25, 0.3) is 10.9 Å². The second-order valence-corrected chi connectivity index (χ2v) is 6.60. The van der Waals surface area contributed by atoms with E-state index < -0.39 is 0 Å². The molecular formula is C17H20N2O2. The number of aromatic amines is 1. The lowest BCUT2D eigenvalue weighted by molar-refractivity contribution is -0.120. The number of nitrogens with one attached hydrogen (secondary N) is 2. The monoisotopic (exact) mass is 284 g/mol. The van der Waals surface area contributed by atoms with E-state index in [-0.39, 0.29) is 11.3 Å². The zero-order valence-electron chi connectivity index (χ0n) is 12.2. The molecule has 1 heterocycles. The molecule has 1 amide bonds. The summed E-state index contributed by atoms with van der Waals surface area (Å²) in [7, 11) is 0. The number of aromatic nitrogens is 1. The molecule has 1 aromatic carbocycles. The maximum atomic E-state index is 12.2. The zero-order chi connectivity index (χ0) is 14.4. The van der Waals surface area contributed by atoms with Crippen LogP contribution in [-0.2, 0) is 4.79 Å². The number of carbonyl (C=O) groups excluding carboxylic acids is 1. The number of carbonyl (C=O) groups is 1. The van der Waals surface area contributed by atoms with Crippen LogP contribution in [0.5, 0.6) is 5.75 Å². The van der Waals surface area contributed by atoms with E-state index in [0.717, 1.165) is 48.0 Å². The van der Waals surface area contributed by atoms with Crippen molar-refractivity contribution >= 4 is 22.5 Å². The molecule has 0 atom stereocenters. The van der Waals surface area contributed by atoms with Crippen molar-refractivity contribution in [3.63, 3.8) is 0 Å². The zero-order valence-corrected chi connectivity index (χ0v) is 12.2. The Hall–Kier alpha value is -1.97. The summed E-state index contributed by atoms with van der Waals surface area (Å²) in [5.74, 6) is 1.01. The molecular weight excluding hydrogens is 264 g/mol. The van der Waals surface area contributed by atoms with Gasteiger partial charge in [-0.25, -0.2) is 0 Å². The lowest BCUT2D eigenvalue weighted by atomic mass is 9.96. The van der Waals surface area contributed by atoms with Gasteiger partial charge >= 0.3 is 0 Å². The van der Waals surface area contributed by atoms with E-state index in [9.17, 15) is 4.79 Å². The number of rotatable bonds is 4. The first kappa shape index (κ1) is 12.7. The molecule has 4 rings (SSSR count). The number of hydrogen-bond donors (Lipinski definition) is 2. The quantitative estimate of drug-likeness (QED) is 0.896. The molecule has 4 heteroatoms. The standard InChI is InChI=1S/C17H20N2O2/c1-17(7-8-17)16(20)19-15-10-18-14-6-5-12(9-13(14)15)21-11-3-2-4-11/h5-6,9-11,18H,2-4,7-8H2,1H3,(H,19,20). The van der Waals surface area contributed by atoms with Crippen LogP contribution in [0.3, 0.4) is 0 Å². The molecule has 21 heavy (non-hydrogen) atoms. The van der Waals surface area contributed by atoms with Crippen LogP contribution in [0.15, 0.2) is 24.4 Å². The number of ether oxygens (including phenoxy) is 1. The average Bonchev–Trinajstić information content (AvgIpc) is 3.07. The number of anilines is 1. The summed E-state index contributed by atoms with van der Waals surface area (Å²) in [5.41, 5.74) is 1.71. The average molecular weight is 284 g/mol. The summed E-state index contributed by atoms with van der Waals surface area (Å²) in [4.78, 5) is 15.4. The van der Waals surface area contributed by atoms with Gasteiger partial charge in [-0.1, -0.05) is 6.92 Å². The maximum absolute atomic E-state index is 12.2. The maximum Gasteiger partial charge on any atom is 0.230 e. The fraction of sp³-hybridized carbons (Fsp3) is 0.471. The minimum Gasteiger partial charge on any atom is -0.490 e. The van der Waals surface area contributed by atoms with E-state index in [1.165, 1.54) is 6.42 Å². The Morgan fingerprint density at radius 3 is 2.86 bits per heavy atom. The van der Waals surface area contributed by atoms with Crippen molar-refractivity contribution in [2.24, 2.45) is 5.41 Å². The van der Waals surface area contributed by atoms with Gasteiger partial charge in [0.05, 0.1) is 11.8 Å². The fourth-order valence-electron chi connectivity index (χ4n) is 2.65. The van der Waals surface area contributed by atoms with E-state index in [1.807, 2.05) is 31.3 Å². The molecule has 2 N–H and O–H groups in total. The van der Waals surface area contributed by atoms with Crippen LogP contribution in [0.2, 0.25) is 0 Å². The number of fused-ring (bicyclic) bond motifs is 1. The topological polar surface area (TPSA) is 54.1 Å². The molecule has 2 aliphatic carbocycles. The predicted octanol–water partition coefficient (Wildman–Crippen LogP) is 3.84. The van der Waals surface area contributed by atoms with Crippen molar-refractivity contribution in [3.8, 4) is 5.75 Å². The highest BCUT2D eigenvalue weighted by Crippen LogP contribution is 2.46. The first-order chi connectivity index (χ1) is 10.1. The molecule has 110 valence electrons.